The summed E-state index contributed by atoms with van der Waals surface area (Å²) in [4.78, 5) is 13.3. The van der Waals surface area contributed by atoms with Gasteiger partial charge in [0, 0.05) is 43.7 Å². The average Bonchev–Trinajstić information content (AvgIpc) is 2.87. The van der Waals surface area contributed by atoms with Gasteiger partial charge in [-0.3, -0.25) is 4.90 Å². The van der Waals surface area contributed by atoms with Gasteiger partial charge < -0.3 is 15.4 Å². The van der Waals surface area contributed by atoms with Crippen LogP contribution in [0.5, 0.6) is 0 Å². The second kappa shape index (κ2) is 5.48. The maximum absolute atomic E-state index is 11.6. The Bertz CT molecular complexity index is 441. The van der Waals surface area contributed by atoms with E-state index < -0.39 is 0 Å². The molecule has 0 atom stereocenters. The first kappa shape index (κ1) is 12.3. The highest BCUT2D eigenvalue weighted by molar-refractivity contribution is 5.94. The second-order valence-electron chi connectivity index (χ2n) is 4.96. The molecule has 5 heteroatoms. The minimum absolute atomic E-state index is 0.00913. The molecule has 102 valence electrons. The van der Waals surface area contributed by atoms with E-state index >= 15 is 0 Å². The van der Waals surface area contributed by atoms with Gasteiger partial charge in [-0.05, 0) is 37.1 Å². The van der Waals surface area contributed by atoms with Crippen molar-refractivity contribution in [2.75, 3.05) is 36.5 Å². The number of nitrogens with one attached hydrogen (secondary N) is 2. The van der Waals surface area contributed by atoms with Gasteiger partial charge in [-0.2, -0.15) is 0 Å². The minimum Gasteiger partial charge on any atom is -0.382 e. The number of nitrogens with zero attached hydrogens (tertiary/aromatic N) is 1. The Morgan fingerprint density at radius 3 is 2.58 bits per heavy atom. The molecule has 2 N–H and O–H groups in total. The zero-order chi connectivity index (χ0) is 13.1. The summed E-state index contributed by atoms with van der Waals surface area (Å²) in [5.74, 6) is 0. The molecule has 19 heavy (non-hydrogen) atoms. The Morgan fingerprint density at radius 1 is 1.21 bits per heavy atom. The third-order valence-electron chi connectivity index (χ3n) is 3.63. The quantitative estimate of drug-likeness (QED) is 0.872. The molecule has 1 aromatic rings. The number of rotatable bonds is 3. The van der Waals surface area contributed by atoms with Crippen molar-refractivity contribution in [3.8, 4) is 0 Å². The molecule has 0 aliphatic carbocycles. The topological polar surface area (TPSA) is 53.6 Å². The summed E-state index contributed by atoms with van der Waals surface area (Å²) >= 11 is 0. The molecule has 0 saturated carbocycles. The molecule has 3 rings (SSSR count). The van der Waals surface area contributed by atoms with Crippen LogP contribution in [-0.2, 0) is 4.74 Å². The minimum atomic E-state index is -0.00913. The van der Waals surface area contributed by atoms with Crippen LogP contribution in [0.1, 0.15) is 12.8 Å². The largest absolute Gasteiger partial charge is 0.382 e. The number of benzene rings is 1. The van der Waals surface area contributed by atoms with Gasteiger partial charge >= 0.3 is 6.03 Å². The van der Waals surface area contributed by atoms with Crippen molar-refractivity contribution in [3.63, 3.8) is 0 Å². The Kier molecular flexibility index (Phi) is 3.55. The lowest BCUT2D eigenvalue weighted by Crippen LogP contribution is -2.28. The van der Waals surface area contributed by atoms with Gasteiger partial charge in [0.15, 0.2) is 0 Å². The van der Waals surface area contributed by atoms with E-state index in [1.54, 1.807) is 4.90 Å². The highest BCUT2D eigenvalue weighted by Crippen LogP contribution is 2.21. The lowest BCUT2D eigenvalue weighted by atomic mass is 10.1. The van der Waals surface area contributed by atoms with Crippen LogP contribution in [0.15, 0.2) is 24.3 Å². The third-order valence-corrected chi connectivity index (χ3v) is 3.63. The van der Waals surface area contributed by atoms with Gasteiger partial charge in [0.05, 0.1) is 0 Å². The number of ether oxygens (including phenoxy) is 1. The molecule has 2 heterocycles. The third kappa shape index (κ3) is 2.81. The Labute approximate surface area is 112 Å². The maximum Gasteiger partial charge on any atom is 0.321 e. The molecule has 2 aliphatic rings. The van der Waals surface area contributed by atoms with Gasteiger partial charge in [0.2, 0.25) is 0 Å². The van der Waals surface area contributed by atoms with Crippen LogP contribution in [0, 0.1) is 0 Å². The molecule has 2 amide bonds. The summed E-state index contributed by atoms with van der Waals surface area (Å²) in [6, 6.07) is 8.55. The van der Waals surface area contributed by atoms with Crippen molar-refractivity contribution in [1.29, 1.82) is 0 Å². The van der Waals surface area contributed by atoms with E-state index in [2.05, 4.69) is 10.6 Å². The highest BCUT2D eigenvalue weighted by Gasteiger charge is 2.21. The van der Waals surface area contributed by atoms with Gasteiger partial charge in [0.1, 0.15) is 0 Å². The van der Waals surface area contributed by atoms with Gasteiger partial charge in [0.25, 0.3) is 0 Å². The van der Waals surface area contributed by atoms with Crippen LogP contribution < -0.4 is 15.5 Å². The lowest BCUT2D eigenvalue weighted by Gasteiger charge is -2.24. The molecule has 0 bridgehead atoms. The molecule has 0 spiro atoms. The fourth-order valence-corrected chi connectivity index (χ4v) is 2.53. The number of carbonyl (C=O) groups excluding carboxylic acids is 1. The zero-order valence-electron chi connectivity index (χ0n) is 10.9. The van der Waals surface area contributed by atoms with Crippen LogP contribution in [0.4, 0.5) is 16.2 Å². The molecule has 5 nitrogen and oxygen atoms in total. The molecule has 1 aromatic carbocycles. The molecule has 0 radical (unpaired) electrons. The fraction of sp³-hybridized carbons (Fsp3) is 0.500. The molecular formula is C14H19N3O2. The SMILES string of the molecule is O=C1NCCN1c1ccc(NC2CCOCC2)cc1. The van der Waals surface area contributed by atoms with E-state index in [1.165, 1.54) is 0 Å². The van der Waals surface area contributed by atoms with Crippen LogP contribution in [-0.4, -0.2) is 38.4 Å². The van der Waals surface area contributed by atoms with Crippen LogP contribution >= 0.6 is 0 Å². The second-order valence-corrected chi connectivity index (χ2v) is 4.96. The average molecular weight is 261 g/mol. The predicted octanol–water partition coefficient (Wildman–Crippen LogP) is 1.81. The standard InChI is InChI=1S/C14H19N3O2/c18-14-15-7-8-17(14)13-3-1-11(2-4-13)16-12-5-9-19-10-6-12/h1-4,12,16H,5-10H2,(H,15,18). The number of hydrogen-bond donors (Lipinski definition) is 2. The zero-order valence-corrected chi connectivity index (χ0v) is 10.9. The van der Waals surface area contributed by atoms with Crippen molar-refractivity contribution in [2.45, 2.75) is 18.9 Å². The summed E-state index contributed by atoms with van der Waals surface area (Å²) in [7, 11) is 0. The number of carbonyl (C=O) groups is 1. The van der Waals surface area contributed by atoms with Crippen molar-refractivity contribution in [2.24, 2.45) is 0 Å². The van der Waals surface area contributed by atoms with Crippen LogP contribution in [0.25, 0.3) is 0 Å². The van der Waals surface area contributed by atoms with E-state index in [1.807, 2.05) is 24.3 Å². The molecular weight excluding hydrogens is 242 g/mol. The molecule has 0 aromatic heterocycles. The molecule has 0 unspecified atom stereocenters. The van der Waals surface area contributed by atoms with E-state index in [0.29, 0.717) is 6.04 Å². The van der Waals surface area contributed by atoms with Crippen molar-refractivity contribution in [3.05, 3.63) is 24.3 Å². The summed E-state index contributed by atoms with van der Waals surface area (Å²) in [6.45, 7) is 3.14. The Balaban J connectivity index is 1.63. The number of hydrogen-bond acceptors (Lipinski definition) is 3. The van der Waals surface area contributed by atoms with Crippen molar-refractivity contribution < 1.29 is 9.53 Å². The number of anilines is 2. The summed E-state index contributed by atoms with van der Waals surface area (Å²) < 4.78 is 5.34. The highest BCUT2D eigenvalue weighted by atomic mass is 16.5. The first-order valence-corrected chi connectivity index (χ1v) is 6.83. The van der Waals surface area contributed by atoms with Gasteiger partial charge in [-0.25, -0.2) is 4.79 Å². The van der Waals surface area contributed by atoms with E-state index in [9.17, 15) is 4.79 Å². The summed E-state index contributed by atoms with van der Waals surface area (Å²) in [6.07, 6.45) is 2.10. The smallest absolute Gasteiger partial charge is 0.321 e. The summed E-state index contributed by atoms with van der Waals surface area (Å²) in [5, 5.41) is 6.32. The van der Waals surface area contributed by atoms with Crippen LogP contribution in [0.3, 0.4) is 0 Å². The van der Waals surface area contributed by atoms with Crippen LogP contribution in [0.2, 0.25) is 0 Å². The first-order valence-electron chi connectivity index (χ1n) is 6.83. The summed E-state index contributed by atoms with van der Waals surface area (Å²) in [5.41, 5.74) is 2.06. The number of amides is 2. The molecule has 2 fully saturated rings. The normalized spacial score (nSPS) is 20.4. The van der Waals surface area contributed by atoms with E-state index in [0.717, 1.165) is 50.5 Å². The Hall–Kier alpha value is -1.75. The van der Waals surface area contributed by atoms with Gasteiger partial charge in [-0.15, -0.1) is 0 Å². The molecule has 2 saturated heterocycles. The predicted molar refractivity (Wildman–Crippen MR) is 74.7 cm³/mol. The lowest BCUT2D eigenvalue weighted by molar-refractivity contribution is 0.0904. The fourth-order valence-electron chi connectivity index (χ4n) is 2.53. The van der Waals surface area contributed by atoms with E-state index in [4.69, 9.17) is 4.74 Å². The first-order chi connectivity index (χ1) is 9.33. The maximum atomic E-state index is 11.6. The number of urea groups is 1. The van der Waals surface area contributed by atoms with Gasteiger partial charge in [-0.1, -0.05) is 0 Å². The van der Waals surface area contributed by atoms with Crippen molar-refractivity contribution >= 4 is 17.4 Å². The van der Waals surface area contributed by atoms with Crippen molar-refractivity contribution in [1.82, 2.24) is 5.32 Å². The molecule has 2 aliphatic heterocycles. The van der Waals surface area contributed by atoms with E-state index in [-0.39, 0.29) is 6.03 Å². The monoisotopic (exact) mass is 261 g/mol. The Morgan fingerprint density at radius 2 is 1.95 bits per heavy atom.